The molecule has 1 aromatic carbocycles. The number of allylic oxidation sites excluding steroid dienone is 1. The standard InChI is InChI=1S/C18H17NO5/c1-3-22-17(20)11-23-13-6-7-14-15(10-13)24-16(18(14)21)9-12-5-4-8-19(12)2/h4-10H,3,11H2,1-2H3. The summed E-state index contributed by atoms with van der Waals surface area (Å²) in [6.07, 6.45) is 3.59. The molecule has 6 heteroatoms. The number of aryl methyl sites for hydroxylation is 1. The van der Waals surface area contributed by atoms with Gasteiger partial charge in [-0.3, -0.25) is 4.79 Å². The second-order valence-electron chi connectivity index (χ2n) is 5.24. The maximum Gasteiger partial charge on any atom is 0.344 e. The zero-order chi connectivity index (χ0) is 17.1. The van der Waals surface area contributed by atoms with Crippen molar-refractivity contribution in [2.45, 2.75) is 6.92 Å². The van der Waals surface area contributed by atoms with E-state index in [4.69, 9.17) is 14.2 Å². The van der Waals surface area contributed by atoms with Crippen molar-refractivity contribution >= 4 is 17.8 Å². The van der Waals surface area contributed by atoms with Crippen LogP contribution in [0.2, 0.25) is 0 Å². The molecule has 24 heavy (non-hydrogen) atoms. The van der Waals surface area contributed by atoms with E-state index in [0.717, 1.165) is 5.69 Å². The molecule has 0 saturated carbocycles. The zero-order valence-corrected chi connectivity index (χ0v) is 13.4. The Hall–Kier alpha value is -3.02. The van der Waals surface area contributed by atoms with Crippen LogP contribution in [0.5, 0.6) is 11.5 Å². The van der Waals surface area contributed by atoms with Crippen molar-refractivity contribution in [3.05, 3.63) is 53.5 Å². The predicted octanol–water partition coefficient (Wildman–Crippen LogP) is 2.58. The Labute approximate surface area is 139 Å². The van der Waals surface area contributed by atoms with Gasteiger partial charge in [0.2, 0.25) is 5.78 Å². The zero-order valence-electron chi connectivity index (χ0n) is 13.4. The van der Waals surface area contributed by atoms with Gasteiger partial charge in [-0.15, -0.1) is 0 Å². The molecule has 0 saturated heterocycles. The van der Waals surface area contributed by atoms with Crippen molar-refractivity contribution in [1.82, 2.24) is 4.57 Å². The lowest BCUT2D eigenvalue weighted by Crippen LogP contribution is -2.14. The second-order valence-corrected chi connectivity index (χ2v) is 5.24. The van der Waals surface area contributed by atoms with Crippen LogP contribution in [0.3, 0.4) is 0 Å². The van der Waals surface area contributed by atoms with Crippen LogP contribution in [-0.2, 0) is 16.6 Å². The first-order valence-electron chi connectivity index (χ1n) is 7.56. The van der Waals surface area contributed by atoms with Crippen LogP contribution in [0.4, 0.5) is 0 Å². The van der Waals surface area contributed by atoms with Crippen LogP contribution in [0, 0.1) is 0 Å². The largest absolute Gasteiger partial charge is 0.482 e. The number of Topliss-reactive ketones (excluding diaryl/α,β-unsaturated/α-hetero) is 1. The van der Waals surface area contributed by atoms with E-state index in [9.17, 15) is 9.59 Å². The first-order chi connectivity index (χ1) is 11.6. The Bertz CT molecular complexity index is 819. The highest BCUT2D eigenvalue weighted by Crippen LogP contribution is 2.34. The Morgan fingerprint density at radius 2 is 2.17 bits per heavy atom. The van der Waals surface area contributed by atoms with E-state index in [2.05, 4.69) is 0 Å². The molecule has 6 nitrogen and oxygen atoms in total. The number of rotatable bonds is 5. The molecule has 1 aliphatic heterocycles. The summed E-state index contributed by atoms with van der Waals surface area (Å²) in [4.78, 5) is 23.7. The van der Waals surface area contributed by atoms with Gasteiger partial charge in [0.05, 0.1) is 12.2 Å². The average molecular weight is 327 g/mol. The summed E-state index contributed by atoms with van der Waals surface area (Å²) in [5, 5.41) is 0. The van der Waals surface area contributed by atoms with Crippen molar-refractivity contribution in [2.24, 2.45) is 7.05 Å². The SMILES string of the molecule is CCOC(=O)COc1ccc2c(c1)OC(=Cc1cccn1C)C2=O. The van der Waals surface area contributed by atoms with Crippen LogP contribution in [-0.4, -0.2) is 29.5 Å². The highest BCUT2D eigenvalue weighted by Gasteiger charge is 2.28. The maximum atomic E-state index is 12.4. The lowest BCUT2D eigenvalue weighted by atomic mass is 10.1. The molecule has 0 radical (unpaired) electrons. The van der Waals surface area contributed by atoms with Gasteiger partial charge in [-0.25, -0.2) is 4.79 Å². The molecule has 0 amide bonds. The molecule has 3 rings (SSSR count). The Kier molecular flexibility index (Phi) is 4.37. The fraction of sp³-hybridized carbons (Fsp3) is 0.222. The summed E-state index contributed by atoms with van der Waals surface area (Å²) in [6, 6.07) is 8.63. The monoisotopic (exact) mass is 327 g/mol. The predicted molar refractivity (Wildman–Crippen MR) is 86.9 cm³/mol. The maximum absolute atomic E-state index is 12.4. The summed E-state index contributed by atoms with van der Waals surface area (Å²) >= 11 is 0. The molecular weight excluding hydrogens is 310 g/mol. The number of ketones is 1. The quantitative estimate of drug-likeness (QED) is 0.624. The number of benzene rings is 1. The smallest absolute Gasteiger partial charge is 0.344 e. The second kappa shape index (κ2) is 6.62. The molecule has 0 atom stereocenters. The van der Waals surface area contributed by atoms with E-state index >= 15 is 0 Å². The van der Waals surface area contributed by atoms with E-state index in [1.54, 1.807) is 31.2 Å². The average Bonchev–Trinajstić information content (AvgIpc) is 3.10. The molecular formula is C18H17NO5. The molecule has 1 aromatic heterocycles. The van der Waals surface area contributed by atoms with Gasteiger partial charge in [-0.1, -0.05) is 0 Å². The number of fused-ring (bicyclic) bond motifs is 1. The van der Waals surface area contributed by atoms with Crippen molar-refractivity contribution in [1.29, 1.82) is 0 Å². The van der Waals surface area contributed by atoms with Gasteiger partial charge in [0.15, 0.2) is 12.4 Å². The minimum atomic E-state index is -0.445. The summed E-state index contributed by atoms with van der Waals surface area (Å²) in [5.74, 6) is 0.494. The molecule has 0 fully saturated rings. The van der Waals surface area contributed by atoms with Gasteiger partial charge in [0, 0.05) is 31.1 Å². The molecule has 2 aromatic rings. The fourth-order valence-corrected chi connectivity index (χ4v) is 2.36. The van der Waals surface area contributed by atoms with Gasteiger partial charge in [-0.2, -0.15) is 0 Å². The van der Waals surface area contributed by atoms with E-state index in [1.165, 1.54) is 0 Å². The summed E-state index contributed by atoms with van der Waals surface area (Å²) in [6.45, 7) is 1.84. The highest BCUT2D eigenvalue weighted by atomic mass is 16.6. The Morgan fingerprint density at radius 3 is 2.88 bits per heavy atom. The number of aromatic nitrogens is 1. The number of carbonyl (C=O) groups is 2. The first-order valence-corrected chi connectivity index (χ1v) is 7.56. The van der Waals surface area contributed by atoms with Gasteiger partial charge in [0.25, 0.3) is 0 Å². The lowest BCUT2D eigenvalue weighted by Gasteiger charge is -2.06. The molecule has 0 N–H and O–H groups in total. The first kappa shape index (κ1) is 15.9. The van der Waals surface area contributed by atoms with E-state index in [0.29, 0.717) is 23.7 Å². The van der Waals surface area contributed by atoms with E-state index in [-0.39, 0.29) is 18.1 Å². The van der Waals surface area contributed by atoms with Crippen LogP contribution < -0.4 is 9.47 Å². The van der Waals surface area contributed by atoms with E-state index in [1.807, 2.05) is 29.9 Å². The molecule has 2 heterocycles. The minimum Gasteiger partial charge on any atom is -0.482 e. The van der Waals surface area contributed by atoms with Crippen LogP contribution in [0.25, 0.3) is 6.08 Å². The molecule has 1 aliphatic rings. The van der Waals surface area contributed by atoms with Crippen molar-refractivity contribution in [3.8, 4) is 11.5 Å². The third kappa shape index (κ3) is 3.17. The molecule has 0 aliphatic carbocycles. The van der Waals surface area contributed by atoms with Gasteiger partial charge < -0.3 is 18.8 Å². The van der Waals surface area contributed by atoms with Crippen molar-refractivity contribution in [2.75, 3.05) is 13.2 Å². The minimum absolute atomic E-state index is 0.178. The third-order valence-corrected chi connectivity index (χ3v) is 3.57. The van der Waals surface area contributed by atoms with Gasteiger partial charge in [-0.05, 0) is 31.2 Å². The number of nitrogens with zero attached hydrogens (tertiary/aromatic N) is 1. The number of hydrogen-bond acceptors (Lipinski definition) is 5. The number of ether oxygens (including phenoxy) is 3. The number of hydrogen-bond donors (Lipinski definition) is 0. The normalized spacial score (nSPS) is 14.4. The number of carbonyl (C=O) groups excluding carboxylic acids is 2. The van der Waals surface area contributed by atoms with Crippen LogP contribution in [0.1, 0.15) is 23.0 Å². The summed E-state index contributed by atoms with van der Waals surface area (Å²) in [5.41, 5.74) is 1.34. The van der Waals surface area contributed by atoms with E-state index < -0.39 is 5.97 Å². The van der Waals surface area contributed by atoms with Gasteiger partial charge >= 0.3 is 5.97 Å². The fourth-order valence-electron chi connectivity index (χ4n) is 2.36. The topological polar surface area (TPSA) is 66.8 Å². The number of esters is 1. The molecule has 0 unspecified atom stereocenters. The van der Waals surface area contributed by atoms with Crippen LogP contribution in [0.15, 0.2) is 42.3 Å². The molecule has 0 spiro atoms. The van der Waals surface area contributed by atoms with Gasteiger partial charge in [0.1, 0.15) is 11.5 Å². The van der Waals surface area contributed by atoms with Crippen molar-refractivity contribution < 1.29 is 23.8 Å². The van der Waals surface area contributed by atoms with Crippen LogP contribution >= 0.6 is 0 Å². The summed E-state index contributed by atoms with van der Waals surface area (Å²) < 4.78 is 17.7. The molecule has 124 valence electrons. The summed E-state index contributed by atoms with van der Waals surface area (Å²) in [7, 11) is 1.89. The lowest BCUT2D eigenvalue weighted by molar-refractivity contribution is -0.145. The third-order valence-electron chi connectivity index (χ3n) is 3.57. The van der Waals surface area contributed by atoms with Crippen molar-refractivity contribution in [3.63, 3.8) is 0 Å². The highest BCUT2D eigenvalue weighted by molar-refractivity contribution is 6.14. The molecule has 0 bridgehead atoms. The Morgan fingerprint density at radius 1 is 1.33 bits per heavy atom. The Balaban J connectivity index is 1.76.